The Bertz CT molecular complexity index is 331. The van der Waals surface area contributed by atoms with Gasteiger partial charge in [0.1, 0.15) is 5.76 Å². The highest BCUT2D eigenvalue weighted by Gasteiger charge is 2.60. The fourth-order valence-corrected chi connectivity index (χ4v) is 3.05. The molecule has 3 nitrogen and oxygen atoms in total. The van der Waals surface area contributed by atoms with Crippen molar-refractivity contribution in [2.45, 2.75) is 24.7 Å². The van der Waals surface area contributed by atoms with Crippen molar-refractivity contribution in [3.05, 3.63) is 24.2 Å². The van der Waals surface area contributed by atoms with Crippen molar-refractivity contribution in [2.24, 2.45) is 11.1 Å². The summed E-state index contributed by atoms with van der Waals surface area (Å²) in [5, 5.41) is 0. The maximum atomic E-state index is 5.97. The van der Waals surface area contributed by atoms with Crippen LogP contribution in [-0.2, 0) is 10.2 Å². The Morgan fingerprint density at radius 2 is 2.13 bits per heavy atom. The molecule has 1 aromatic rings. The maximum absolute atomic E-state index is 5.97. The molecule has 82 valence electrons. The molecule has 0 spiro atoms. The van der Waals surface area contributed by atoms with Crippen LogP contribution in [0.5, 0.6) is 0 Å². The molecule has 2 N–H and O–H groups in total. The van der Waals surface area contributed by atoms with E-state index < -0.39 is 0 Å². The van der Waals surface area contributed by atoms with Crippen LogP contribution < -0.4 is 5.73 Å². The van der Waals surface area contributed by atoms with Gasteiger partial charge in [0.2, 0.25) is 0 Å². The van der Waals surface area contributed by atoms with Gasteiger partial charge in [0.25, 0.3) is 0 Å². The van der Waals surface area contributed by atoms with E-state index in [0.29, 0.717) is 0 Å². The zero-order valence-corrected chi connectivity index (χ0v) is 8.87. The van der Waals surface area contributed by atoms with E-state index in [9.17, 15) is 0 Å². The molecule has 2 aliphatic rings. The molecule has 1 aliphatic heterocycles. The summed E-state index contributed by atoms with van der Waals surface area (Å²) in [6.45, 7) is 2.30. The first-order valence-electron chi connectivity index (χ1n) is 5.65. The fourth-order valence-electron chi connectivity index (χ4n) is 3.05. The lowest BCUT2D eigenvalue weighted by molar-refractivity contribution is -0.162. The lowest BCUT2D eigenvalue weighted by atomic mass is 9.51. The van der Waals surface area contributed by atoms with Crippen molar-refractivity contribution in [3.63, 3.8) is 0 Å². The number of hydrogen-bond acceptors (Lipinski definition) is 3. The van der Waals surface area contributed by atoms with E-state index in [1.165, 1.54) is 19.3 Å². The molecule has 2 heterocycles. The number of nitrogens with two attached hydrogens (primary N) is 1. The van der Waals surface area contributed by atoms with Crippen LogP contribution in [0.2, 0.25) is 0 Å². The van der Waals surface area contributed by atoms with Gasteiger partial charge in [0.15, 0.2) is 0 Å². The summed E-state index contributed by atoms with van der Waals surface area (Å²) >= 11 is 0. The maximum Gasteiger partial charge on any atom is 0.115 e. The van der Waals surface area contributed by atoms with Gasteiger partial charge in [0.05, 0.1) is 24.9 Å². The van der Waals surface area contributed by atoms with Crippen LogP contribution >= 0.6 is 0 Å². The van der Waals surface area contributed by atoms with E-state index in [1.807, 2.05) is 6.07 Å². The average Bonchev–Trinajstić information content (AvgIpc) is 2.60. The zero-order chi connectivity index (χ0) is 10.4. The van der Waals surface area contributed by atoms with Crippen molar-refractivity contribution in [1.29, 1.82) is 0 Å². The molecule has 1 saturated heterocycles. The first kappa shape index (κ1) is 9.43. The lowest BCUT2D eigenvalue weighted by Crippen LogP contribution is -2.64. The summed E-state index contributed by atoms with van der Waals surface area (Å²) in [7, 11) is 0. The van der Waals surface area contributed by atoms with E-state index >= 15 is 0 Å². The summed E-state index contributed by atoms with van der Waals surface area (Å²) in [5.41, 5.74) is 6.29. The molecule has 0 atom stereocenters. The van der Waals surface area contributed by atoms with E-state index in [1.54, 1.807) is 6.26 Å². The summed E-state index contributed by atoms with van der Waals surface area (Å²) in [4.78, 5) is 0. The van der Waals surface area contributed by atoms with Gasteiger partial charge in [-0.2, -0.15) is 0 Å². The van der Waals surface area contributed by atoms with Crippen LogP contribution in [0, 0.1) is 5.41 Å². The molecule has 0 unspecified atom stereocenters. The Morgan fingerprint density at radius 3 is 2.47 bits per heavy atom. The van der Waals surface area contributed by atoms with Gasteiger partial charge in [0, 0.05) is 0 Å². The summed E-state index contributed by atoms with van der Waals surface area (Å²) in [6.07, 6.45) is 5.47. The SMILES string of the molecule is NCC1(C2(c3ccco3)COC2)CCC1. The van der Waals surface area contributed by atoms with Crippen LogP contribution in [0.15, 0.2) is 22.8 Å². The highest BCUT2D eigenvalue weighted by molar-refractivity contribution is 5.26. The fraction of sp³-hybridized carbons (Fsp3) is 0.667. The Balaban J connectivity index is 1.99. The molecule has 0 aromatic carbocycles. The standard InChI is InChI=1S/C12H17NO2/c13-7-11(4-2-5-11)12(8-14-9-12)10-3-1-6-15-10/h1,3,6H,2,4-5,7-9,13H2. The molecular formula is C12H17NO2. The molecule has 3 heteroatoms. The third kappa shape index (κ3) is 1.02. The smallest absolute Gasteiger partial charge is 0.115 e. The van der Waals surface area contributed by atoms with Crippen LogP contribution in [0.3, 0.4) is 0 Å². The monoisotopic (exact) mass is 207 g/mol. The van der Waals surface area contributed by atoms with Gasteiger partial charge in [-0.25, -0.2) is 0 Å². The first-order valence-corrected chi connectivity index (χ1v) is 5.65. The van der Waals surface area contributed by atoms with Crippen LogP contribution in [0.25, 0.3) is 0 Å². The van der Waals surface area contributed by atoms with Crippen LogP contribution in [-0.4, -0.2) is 19.8 Å². The van der Waals surface area contributed by atoms with Gasteiger partial charge in [-0.1, -0.05) is 6.42 Å². The van der Waals surface area contributed by atoms with Crippen molar-refractivity contribution in [1.82, 2.24) is 0 Å². The zero-order valence-electron chi connectivity index (χ0n) is 8.87. The van der Waals surface area contributed by atoms with Gasteiger partial charge < -0.3 is 14.9 Å². The third-order valence-electron chi connectivity index (χ3n) is 4.41. The normalized spacial score (nSPS) is 26.7. The Kier molecular flexibility index (Phi) is 1.94. The Hall–Kier alpha value is -0.800. The van der Waals surface area contributed by atoms with Crippen molar-refractivity contribution >= 4 is 0 Å². The molecular weight excluding hydrogens is 190 g/mol. The second kappa shape index (κ2) is 3.09. The largest absolute Gasteiger partial charge is 0.469 e. The van der Waals surface area contributed by atoms with Crippen LogP contribution in [0.1, 0.15) is 25.0 Å². The summed E-state index contributed by atoms with van der Waals surface area (Å²) in [5.74, 6) is 1.07. The minimum atomic E-state index is 0.0729. The minimum Gasteiger partial charge on any atom is -0.469 e. The number of ether oxygens (including phenoxy) is 1. The lowest BCUT2D eigenvalue weighted by Gasteiger charge is -2.58. The van der Waals surface area contributed by atoms with Crippen molar-refractivity contribution in [3.8, 4) is 0 Å². The molecule has 1 aliphatic carbocycles. The highest BCUT2D eigenvalue weighted by atomic mass is 16.5. The quantitative estimate of drug-likeness (QED) is 0.820. The molecule has 2 fully saturated rings. The number of furan rings is 1. The Morgan fingerprint density at radius 1 is 1.33 bits per heavy atom. The summed E-state index contributed by atoms with van der Waals surface area (Å²) in [6, 6.07) is 4.02. The summed E-state index contributed by atoms with van der Waals surface area (Å²) < 4.78 is 11.0. The highest BCUT2D eigenvalue weighted by Crippen LogP contribution is 2.57. The van der Waals surface area contributed by atoms with Gasteiger partial charge in [-0.15, -0.1) is 0 Å². The molecule has 0 amide bonds. The van der Waals surface area contributed by atoms with Gasteiger partial charge in [-0.05, 0) is 36.9 Å². The third-order valence-corrected chi connectivity index (χ3v) is 4.41. The molecule has 0 radical (unpaired) electrons. The average molecular weight is 207 g/mol. The van der Waals surface area contributed by atoms with Crippen molar-refractivity contribution < 1.29 is 9.15 Å². The Labute approximate surface area is 89.6 Å². The molecule has 1 saturated carbocycles. The van der Waals surface area contributed by atoms with Gasteiger partial charge in [-0.3, -0.25) is 0 Å². The number of hydrogen-bond donors (Lipinski definition) is 1. The topological polar surface area (TPSA) is 48.4 Å². The van der Waals surface area contributed by atoms with E-state index in [4.69, 9.17) is 14.9 Å². The molecule has 3 rings (SSSR count). The van der Waals surface area contributed by atoms with Crippen LogP contribution in [0.4, 0.5) is 0 Å². The number of rotatable bonds is 3. The van der Waals surface area contributed by atoms with E-state index in [0.717, 1.165) is 25.5 Å². The predicted molar refractivity (Wildman–Crippen MR) is 56.5 cm³/mol. The van der Waals surface area contributed by atoms with Crippen molar-refractivity contribution in [2.75, 3.05) is 19.8 Å². The second-order valence-corrected chi connectivity index (χ2v) is 4.89. The van der Waals surface area contributed by atoms with Gasteiger partial charge >= 0.3 is 0 Å². The molecule has 0 bridgehead atoms. The van der Waals surface area contributed by atoms with E-state index in [-0.39, 0.29) is 10.8 Å². The molecule has 1 aromatic heterocycles. The van der Waals surface area contributed by atoms with E-state index in [2.05, 4.69) is 6.07 Å². The second-order valence-electron chi connectivity index (χ2n) is 4.89. The minimum absolute atomic E-state index is 0.0729. The predicted octanol–water partition coefficient (Wildman–Crippen LogP) is 1.68. The first-order chi connectivity index (χ1) is 7.33. The molecule has 15 heavy (non-hydrogen) atoms.